The minimum Gasteiger partial charge on any atom is -0.480 e. The van der Waals surface area contributed by atoms with Crippen LogP contribution in [-0.4, -0.2) is 41.9 Å². The molecule has 6 heteroatoms. The van der Waals surface area contributed by atoms with Gasteiger partial charge in [-0.15, -0.1) is 0 Å². The Kier molecular flexibility index (Phi) is 5.40. The number of aliphatic carboxylic acids is 1. The van der Waals surface area contributed by atoms with E-state index in [-0.39, 0.29) is 18.1 Å². The summed E-state index contributed by atoms with van der Waals surface area (Å²) in [5, 5.41) is 14.2. The van der Waals surface area contributed by atoms with Gasteiger partial charge in [0.1, 0.15) is 6.04 Å². The number of ether oxygens (including phenoxy) is 1. The molecule has 18 heavy (non-hydrogen) atoms. The molecule has 0 saturated heterocycles. The number of rotatable bonds is 6. The van der Waals surface area contributed by atoms with Crippen LogP contribution in [0.15, 0.2) is 0 Å². The Morgan fingerprint density at radius 3 is 2.44 bits per heavy atom. The number of urea groups is 1. The number of hydrogen-bond acceptors (Lipinski definition) is 3. The summed E-state index contributed by atoms with van der Waals surface area (Å²) in [5.41, 5.74) is 0. The van der Waals surface area contributed by atoms with Crippen molar-refractivity contribution in [1.29, 1.82) is 0 Å². The Morgan fingerprint density at radius 1 is 1.39 bits per heavy atom. The van der Waals surface area contributed by atoms with E-state index >= 15 is 0 Å². The first kappa shape index (κ1) is 14.8. The summed E-state index contributed by atoms with van der Waals surface area (Å²) in [5.74, 6) is -1.16. The van der Waals surface area contributed by atoms with Crippen molar-refractivity contribution >= 4 is 12.0 Å². The van der Waals surface area contributed by atoms with Crippen molar-refractivity contribution < 1.29 is 19.4 Å². The standard InChI is InChI=1S/C12H22N2O4/c1-4-18-9-5-8(6-9)13-12(17)14-10(7(2)3)11(15)16/h7-10H,4-6H2,1-3H3,(H,15,16)(H2,13,14,17)/t8?,9?,10-/m1/s1. The summed E-state index contributed by atoms with van der Waals surface area (Å²) in [6.45, 7) is 6.13. The molecule has 3 N–H and O–H groups in total. The predicted octanol–water partition coefficient (Wildman–Crippen LogP) is 0.962. The molecule has 0 unspecified atom stereocenters. The second kappa shape index (κ2) is 6.58. The highest BCUT2D eigenvalue weighted by Crippen LogP contribution is 2.22. The predicted molar refractivity (Wildman–Crippen MR) is 66.4 cm³/mol. The van der Waals surface area contributed by atoms with Crippen LogP contribution in [0.25, 0.3) is 0 Å². The Bertz CT molecular complexity index is 300. The normalized spacial score (nSPS) is 24.2. The van der Waals surface area contributed by atoms with Gasteiger partial charge in [-0.25, -0.2) is 9.59 Å². The number of amides is 2. The second-order valence-corrected chi connectivity index (χ2v) is 4.92. The van der Waals surface area contributed by atoms with Crippen LogP contribution in [-0.2, 0) is 9.53 Å². The minimum atomic E-state index is -1.01. The number of carbonyl (C=O) groups is 2. The van der Waals surface area contributed by atoms with Crippen LogP contribution < -0.4 is 10.6 Å². The van der Waals surface area contributed by atoms with E-state index in [4.69, 9.17) is 9.84 Å². The summed E-state index contributed by atoms with van der Waals surface area (Å²) < 4.78 is 5.38. The zero-order valence-corrected chi connectivity index (χ0v) is 11.1. The molecule has 0 aliphatic heterocycles. The third-order valence-electron chi connectivity index (χ3n) is 3.05. The SMILES string of the molecule is CCOC1CC(NC(=O)N[C@@H](C(=O)O)C(C)C)C1. The quantitative estimate of drug-likeness (QED) is 0.662. The van der Waals surface area contributed by atoms with Gasteiger partial charge in [0.15, 0.2) is 0 Å². The Balaban J connectivity index is 2.28. The summed E-state index contributed by atoms with van der Waals surface area (Å²) >= 11 is 0. The van der Waals surface area contributed by atoms with E-state index in [2.05, 4.69) is 10.6 Å². The number of carboxylic acids is 1. The molecule has 1 aliphatic carbocycles. The number of carbonyl (C=O) groups excluding carboxylic acids is 1. The van der Waals surface area contributed by atoms with Gasteiger partial charge >= 0.3 is 12.0 Å². The molecule has 1 saturated carbocycles. The number of carboxylic acid groups (broad SMARTS) is 1. The third-order valence-corrected chi connectivity index (χ3v) is 3.05. The smallest absolute Gasteiger partial charge is 0.326 e. The Morgan fingerprint density at radius 2 is 2.00 bits per heavy atom. The van der Waals surface area contributed by atoms with Crippen LogP contribution >= 0.6 is 0 Å². The maximum atomic E-state index is 11.6. The first-order valence-electron chi connectivity index (χ1n) is 6.35. The van der Waals surface area contributed by atoms with Crippen molar-refractivity contribution in [2.75, 3.05) is 6.61 Å². The molecule has 0 radical (unpaired) electrons. The lowest BCUT2D eigenvalue weighted by Crippen LogP contribution is -2.55. The van der Waals surface area contributed by atoms with Crippen molar-refractivity contribution in [3.8, 4) is 0 Å². The van der Waals surface area contributed by atoms with E-state index in [1.807, 2.05) is 6.92 Å². The molecule has 2 amide bonds. The fourth-order valence-corrected chi connectivity index (χ4v) is 1.94. The molecule has 0 bridgehead atoms. The maximum Gasteiger partial charge on any atom is 0.326 e. The Labute approximate surface area is 107 Å². The molecule has 1 aliphatic rings. The Hall–Kier alpha value is -1.30. The van der Waals surface area contributed by atoms with Crippen LogP contribution in [0.3, 0.4) is 0 Å². The number of hydrogen-bond donors (Lipinski definition) is 3. The molecule has 104 valence electrons. The van der Waals surface area contributed by atoms with E-state index in [1.54, 1.807) is 13.8 Å². The van der Waals surface area contributed by atoms with Gasteiger partial charge in [0, 0.05) is 12.6 Å². The van der Waals surface area contributed by atoms with Crippen molar-refractivity contribution in [1.82, 2.24) is 10.6 Å². The maximum absolute atomic E-state index is 11.6. The van der Waals surface area contributed by atoms with Gasteiger partial charge in [-0.05, 0) is 25.7 Å². The minimum absolute atomic E-state index is 0.0863. The molecule has 1 fully saturated rings. The fraction of sp³-hybridized carbons (Fsp3) is 0.833. The molecule has 1 rings (SSSR count). The molecule has 1 atom stereocenters. The lowest BCUT2D eigenvalue weighted by atomic mass is 9.89. The highest BCUT2D eigenvalue weighted by molar-refractivity contribution is 5.82. The molecule has 0 heterocycles. The van der Waals surface area contributed by atoms with Crippen molar-refractivity contribution in [2.24, 2.45) is 5.92 Å². The van der Waals surface area contributed by atoms with E-state index in [1.165, 1.54) is 0 Å². The fourth-order valence-electron chi connectivity index (χ4n) is 1.94. The van der Waals surface area contributed by atoms with Crippen LogP contribution in [0.4, 0.5) is 4.79 Å². The van der Waals surface area contributed by atoms with Crippen LogP contribution in [0, 0.1) is 5.92 Å². The summed E-state index contributed by atoms with van der Waals surface area (Å²) in [4.78, 5) is 22.5. The van der Waals surface area contributed by atoms with Crippen molar-refractivity contribution in [3.05, 3.63) is 0 Å². The number of nitrogens with one attached hydrogen (secondary N) is 2. The monoisotopic (exact) mass is 258 g/mol. The molecule has 0 aromatic rings. The largest absolute Gasteiger partial charge is 0.480 e. The molecule has 0 spiro atoms. The first-order chi connectivity index (χ1) is 8.43. The summed E-state index contributed by atoms with van der Waals surface area (Å²) in [6.07, 6.45) is 1.81. The summed E-state index contributed by atoms with van der Waals surface area (Å²) in [7, 11) is 0. The van der Waals surface area contributed by atoms with E-state index < -0.39 is 18.0 Å². The molecular weight excluding hydrogens is 236 g/mol. The second-order valence-electron chi connectivity index (χ2n) is 4.92. The molecule has 0 aromatic carbocycles. The van der Waals surface area contributed by atoms with Gasteiger partial charge in [0.25, 0.3) is 0 Å². The van der Waals surface area contributed by atoms with Gasteiger partial charge in [0.2, 0.25) is 0 Å². The lowest BCUT2D eigenvalue weighted by Gasteiger charge is -2.35. The van der Waals surface area contributed by atoms with Gasteiger partial charge in [-0.1, -0.05) is 13.8 Å². The zero-order valence-electron chi connectivity index (χ0n) is 11.1. The van der Waals surface area contributed by atoms with Gasteiger partial charge in [-0.3, -0.25) is 0 Å². The van der Waals surface area contributed by atoms with Crippen molar-refractivity contribution in [3.63, 3.8) is 0 Å². The van der Waals surface area contributed by atoms with Gasteiger partial charge in [-0.2, -0.15) is 0 Å². The van der Waals surface area contributed by atoms with E-state index in [9.17, 15) is 9.59 Å². The highest BCUT2D eigenvalue weighted by Gasteiger charge is 2.32. The highest BCUT2D eigenvalue weighted by atomic mass is 16.5. The van der Waals surface area contributed by atoms with Crippen LogP contribution in [0.2, 0.25) is 0 Å². The average Bonchev–Trinajstić information content (AvgIpc) is 2.22. The third kappa shape index (κ3) is 4.18. The lowest BCUT2D eigenvalue weighted by molar-refractivity contribution is -0.140. The summed E-state index contributed by atoms with van der Waals surface area (Å²) in [6, 6.07) is -1.19. The molecule has 0 aromatic heterocycles. The van der Waals surface area contributed by atoms with Crippen LogP contribution in [0.5, 0.6) is 0 Å². The van der Waals surface area contributed by atoms with Crippen molar-refractivity contribution in [2.45, 2.75) is 51.8 Å². The average molecular weight is 258 g/mol. The van der Waals surface area contributed by atoms with E-state index in [0.29, 0.717) is 6.61 Å². The van der Waals surface area contributed by atoms with Gasteiger partial charge < -0.3 is 20.5 Å². The first-order valence-corrected chi connectivity index (χ1v) is 6.35. The molecular formula is C12H22N2O4. The zero-order chi connectivity index (χ0) is 13.7. The van der Waals surface area contributed by atoms with Gasteiger partial charge in [0.05, 0.1) is 6.10 Å². The van der Waals surface area contributed by atoms with E-state index in [0.717, 1.165) is 12.8 Å². The topological polar surface area (TPSA) is 87.7 Å². The molecule has 6 nitrogen and oxygen atoms in total. The van der Waals surface area contributed by atoms with Crippen LogP contribution in [0.1, 0.15) is 33.6 Å².